The van der Waals surface area contributed by atoms with E-state index in [1.807, 2.05) is 36.4 Å². The zero-order chi connectivity index (χ0) is 19.3. The van der Waals surface area contributed by atoms with Crippen LogP contribution in [0.2, 0.25) is 0 Å². The van der Waals surface area contributed by atoms with Crippen LogP contribution in [0.4, 0.5) is 11.4 Å². The van der Waals surface area contributed by atoms with Crippen molar-refractivity contribution in [2.75, 3.05) is 10.6 Å². The van der Waals surface area contributed by atoms with Crippen molar-refractivity contribution < 1.29 is 9.59 Å². The van der Waals surface area contributed by atoms with Crippen LogP contribution < -0.4 is 10.6 Å². The molecule has 0 unspecified atom stereocenters. The monoisotopic (exact) mass is 367 g/mol. The van der Waals surface area contributed by atoms with Crippen LogP contribution in [0.25, 0.3) is 10.8 Å². The van der Waals surface area contributed by atoms with Gasteiger partial charge in [0.15, 0.2) is 0 Å². The summed E-state index contributed by atoms with van der Waals surface area (Å²) in [5, 5.41) is 7.63. The van der Waals surface area contributed by atoms with Crippen molar-refractivity contribution in [2.24, 2.45) is 0 Å². The van der Waals surface area contributed by atoms with Crippen LogP contribution in [0.15, 0.2) is 91.3 Å². The Morgan fingerprint density at radius 2 is 1.32 bits per heavy atom. The summed E-state index contributed by atoms with van der Waals surface area (Å²) in [7, 11) is 0. The number of anilines is 2. The smallest absolute Gasteiger partial charge is 0.256 e. The minimum absolute atomic E-state index is 0.200. The van der Waals surface area contributed by atoms with E-state index in [1.54, 1.807) is 54.9 Å². The highest BCUT2D eigenvalue weighted by molar-refractivity contribution is 6.13. The summed E-state index contributed by atoms with van der Waals surface area (Å²) < 4.78 is 0. The summed E-state index contributed by atoms with van der Waals surface area (Å²) in [6, 6.07) is 23.7. The van der Waals surface area contributed by atoms with E-state index in [4.69, 9.17) is 0 Å². The predicted molar refractivity (Wildman–Crippen MR) is 111 cm³/mol. The molecular formula is C23H17N3O2. The van der Waals surface area contributed by atoms with Crippen LogP contribution in [-0.2, 0) is 0 Å². The zero-order valence-corrected chi connectivity index (χ0v) is 14.9. The summed E-state index contributed by atoms with van der Waals surface area (Å²) in [5.41, 5.74) is 2.31. The quantitative estimate of drug-likeness (QED) is 0.547. The number of benzene rings is 3. The van der Waals surface area contributed by atoms with Crippen molar-refractivity contribution in [1.82, 2.24) is 4.98 Å². The second-order valence-corrected chi connectivity index (χ2v) is 6.25. The van der Waals surface area contributed by atoms with Gasteiger partial charge in [-0.25, -0.2) is 0 Å². The maximum atomic E-state index is 12.8. The highest BCUT2D eigenvalue weighted by Gasteiger charge is 2.11. The molecular weight excluding hydrogens is 350 g/mol. The molecule has 2 N–H and O–H groups in total. The number of nitrogens with zero attached hydrogens (tertiary/aromatic N) is 1. The molecule has 4 rings (SSSR count). The van der Waals surface area contributed by atoms with Gasteiger partial charge in [0.05, 0.1) is 0 Å². The van der Waals surface area contributed by atoms with Crippen molar-refractivity contribution in [3.63, 3.8) is 0 Å². The highest BCUT2D eigenvalue weighted by Crippen LogP contribution is 2.21. The number of fused-ring (bicyclic) bond motifs is 1. The average Bonchev–Trinajstić information content (AvgIpc) is 2.74. The lowest BCUT2D eigenvalue weighted by molar-refractivity contribution is 0.102. The number of nitrogens with one attached hydrogen (secondary N) is 2. The molecule has 28 heavy (non-hydrogen) atoms. The van der Waals surface area contributed by atoms with Crippen molar-refractivity contribution in [2.45, 2.75) is 0 Å². The van der Waals surface area contributed by atoms with Gasteiger partial charge >= 0.3 is 0 Å². The average molecular weight is 367 g/mol. The third-order valence-corrected chi connectivity index (χ3v) is 4.36. The molecule has 0 bridgehead atoms. The third kappa shape index (κ3) is 3.73. The lowest BCUT2D eigenvalue weighted by atomic mass is 10.0. The summed E-state index contributed by atoms with van der Waals surface area (Å²) in [6.07, 6.45) is 3.13. The maximum absolute atomic E-state index is 12.8. The van der Waals surface area contributed by atoms with Crippen molar-refractivity contribution in [3.05, 3.63) is 102 Å². The van der Waals surface area contributed by atoms with Crippen LogP contribution in [0, 0.1) is 0 Å². The van der Waals surface area contributed by atoms with Crippen LogP contribution in [0.3, 0.4) is 0 Å². The molecule has 0 aliphatic heterocycles. The van der Waals surface area contributed by atoms with Gasteiger partial charge < -0.3 is 10.6 Å². The summed E-state index contributed by atoms with van der Waals surface area (Å²) in [4.78, 5) is 29.0. The van der Waals surface area contributed by atoms with E-state index in [-0.39, 0.29) is 11.8 Å². The first-order valence-corrected chi connectivity index (χ1v) is 8.81. The van der Waals surface area contributed by atoms with Gasteiger partial charge in [-0.1, -0.05) is 42.5 Å². The number of hydrogen-bond donors (Lipinski definition) is 2. The molecule has 0 fully saturated rings. The van der Waals surface area contributed by atoms with Crippen molar-refractivity contribution in [1.29, 1.82) is 0 Å². The van der Waals surface area contributed by atoms with E-state index >= 15 is 0 Å². The van der Waals surface area contributed by atoms with E-state index in [1.165, 1.54) is 0 Å². The lowest BCUT2D eigenvalue weighted by Crippen LogP contribution is -2.14. The highest BCUT2D eigenvalue weighted by atomic mass is 16.2. The van der Waals surface area contributed by atoms with Gasteiger partial charge in [0, 0.05) is 34.9 Å². The molecule has 2 amide bonds. The summed E-state index contributed by atoms with van der Waals surface area (Å²) in [6.45, 7) is 0. The van der Waals surface area contributed by atoms with Gasteiger partial charge in [-0.2, -0.15) is 0 Å². The Hall–Kier alpha value is -3.99. The zero-order valence-electron chi connectivity index (χ0n) is 14.9. The largest absolute Gasteiger partial charge is 0.322 e. The number of amides is 2. The molecule has 4 aromatic rings. The number of rotatable bonds is 4. The third-order valence-electron chi connectivity index (χ3n) is 4.36. The molecule has 0 atom stereocenters. The molecule has 0 saturated carbocycles. The van der Waals surface area contributed by atoms with E-state index in [0.29, 0.717) is 22.5 Å². The molecule has 3 aromatic carbocycles. The van der Waals surface area contributed by atoms with Gasteiger partial charge in [0.1, 0.15) is 0 Å². The second kappa shape index (κ2) is 7.72. The fourth-order valence-corrected chi connectivity index (χ4v) is 3.00. The number of pyridine rings is 1. The molecule has 1 aromatic heterocycles. The molecule has 5 heteroatoms. The molecule has 136 valence electrons. The molecule has 0 spiro atoms. The normalized spacial score (nSPS) is 10.4. The second-order valence-electron chi connectivity index (χ2n) is 6.25. The Morgan fingerprint density at radius 1 is 0.679 bits per heavy atom. The molecule has 1 heterocycles. The van der Waals surface area contributed by atoms with Gasteiger partial charge in [-0.05, 0) is 47.2 Å². The predicted octanol–water partition coefficient (Wildman–Crippen LogP) is 4.74. The Kier molecular flexibility index (Phi) is 4.80. The van der Waals surface area contributed by atoms with Crippen LogP contribution in [0.1, 0.15) is 20.7 Å². The fourth-order valence-electron chi connectivity index (χ4n) is 3.00. The lowest BCUT2D eigenvalue weighted by Gasteiger charge is -2.10. The molecule has 0 aliphatic rings. The van der Waals surface area contributed by atoms with E-state index in [2.05, 4.69) is 15.6 Å². The van der Waals surface area contributed by atoms with Gasteiger partial charge in [0.2, 0.25) is 0 Å². The minimum Gasteiger partial charge on any atom is -0.322 e. The van der Waals surface area contributed by atoms with E-state index < -0.39 is 0 Å². The van der Waals surface area contributed by atoms with Crippen LogP contribution >= 0.6 is 0 Å². The number of aromatic nitrogens is 1. The van der Waals surface area contributed by atoms with Crippen LogP contribution in [0.5, 0.6) is 0 Å². The van der Waals surface area contributed by atoms with Crippen molar-refractivity contribution in [3.8, 4) is 0 Å². The van der Waals surface area contributed by atoms with Gasteiger partial charge in [-0.15, -0.1) is 0 Å². The Balaban J connectivity index is 1.53. The number of carbonyl (C=O) groups excluding carboxylic acids is 2. The summed E-state index contributed by atoms with van der Waals surface area (Å²) in [5.74, 6) is -0.436. The van der Waals surface area contributed by atoms with E-state index in [0.717, 1.165) is 10.8 Å². The Labute approximate surface area is 162 Å². The summed E-state index contributed by atoms with van der Waals surface area (Å²) >= 11 is 0. The first kappa shape index (κ1) is 17.4. The number of hydrogen-bond acceptors (Lipinski definition) is 3. The maximum Gasteiger partial charge on any atom is 0.256 e. The van der Waals surface area contributed by atoms with Gasteiger partial charge in [-0.3, -0.25) is 14.6 Å². The van der Waals surface area contributed by atoms with Crippen LogP contribution in [-0.4, -0.2) is 16.8 Å². The van der Waals surface area contributed by atoms with E-state index in [9.17, 15) is 9.59 Å². The molecule has 5 nitrogen and oxygen atoms in total. The first-order valence-electron chi connectivity index (χ1n) is 8.81. The topological polar surface area (TPSA) is 71.1 Å². The minimum atomic E-state index is -0.236. The van der Waals surface area contributed by atoms with Crippen molar-refractivity contribution >= 4 is 34.0 Å². The fraction of sp³-hybridized carbons (Fsp3) is 0. The molecule has 0 saturated heterocycles. The molecule has 0 aliphatic carbocycles. The SMILES string of the molecule is O=C(Nc1cccc(NC(=O)c2cccc3ccccc23)c1)c1ccncc1. The number of carbonyl (C=O) groups is 2. The Morgan fingerprint density at radius 3 is 2.11 bits per heavy atom. The molecule has 0 radical (unpaired) electrons. The standard InChI is InChI=1S/C23H17N3O2/c27-22(17-11-13-24-14-12-17)25-18-7-4-8-19(15-18)26-23(28)21-10-3-6-16-5-1-2-9-20(16)21/h1-15H,(H,25,27)(H,26,28). The Bertz CT molecular complexity index is 1150. The first-order chi connectivity index (χ1) is 13.7. The van der Waals surface area contributed by atoms with Gasteiger partial charge in [0.25, 0.3) is 11.8 Å².